The van der Waals surface area contributed by atoms with Crippen molar-refractivity contribution in [2.45, 2.75) is 40.5 Å². The van der Waals surface area contributed by atoms with Gasteiger partial charge in [0, 0.05) is 12.1 Å². The molecule has 0 saturated carbocycles. The molecular weight excluding hydrogens is 396 g/mol. The van der Waals surface area contributed by atoms with Gasteiger partial charge < -0.3 is 24.8 Å². The van der Waals surface area contributed by atoms with Crippen molar-refractivity contribution in [1.82, 2.24) is 5.32 Å². The number of ether oxygens (including phenoxy) is 3. The lowest BCUT2D eigenvalue weighted by Gasteiger charge is -2.17. The molecule has 0 atom stereocenters. The van der Waals surface area contributed by atoms with Gasteiger partial charge in [-0.1, -0.05) is 25.5 Å². The van der Waals surface area contributed by atoms with Crippen LogP contribution in [-0.4, -0.2) is 38.2 Å². The van der Waals surface area contributed by atoms with Crippen molar-refractivity contribution in [1.29, 1.82) is 0 Å². The van der Waals surface area contributed by atoms with Gasteiger partial charge in [-0.15, -0.1) is 0 Å². The normalized spacial score (nSPS) is 10.3. The fraction of sp³-hybridized carbons (Fsp3) is 0.417. The summed E-state index contributed by atoms with van der Waals surface area (Å²) >= 11 is 0. The first-order valence-corrected chi connectivity index (χ1v) is 10.8. The fourth-order valence-corrected chi connectivity index (χ4v) is 2.98. The Morgan fingerprint density at radius 3 is 2.03 bits per heavy atom. The number of hydrogen-bond acceptors (Lipinski definition) is 5. The average molecular weight is 429 g/mol. The molecular formula is C24H32N2O5. The number of nitrogens with one attached hydrogen (secondary N) is 2. The van der Waals surface area contributed by atoms with Gasteiger partial charge in [0.25, 0.3) is 11.8 Å². The summed E-state index contributed by atoms with van der Waals surface area (Å²) in [4.78, 5) is 25.6. The lowest BCUT2D eigenvalue weighted by atomic mass is 10.1. The topological polar surface area (TPSA) is 85.9 Å². The largest absolute Gasteiger partial charge is 0.490 e. The molecule has 2 N–H and O–H groups in total. The van der Waals surface area contributed by atoms with Gasteiger partial charge in [-0.3, -0.25) is 9.59 Å². The van der Waals surface area contributed by atoms with Crippen LogP contribution in [0.1, 0.15) is 61.3 Å². The molecule has 7 nitrogen and oxygen atoms in total. The van der Waals surface area contributed by atoms with Crippen molar-refractivity contribution in [3.63, 3.8) is 0 Å². The zero-order chi connectivity index (χ0) is 22.6. The number of amides is 2. The first-order valence-electron chi connectivity index (χ1n) is 10.8. The number of para-hydroxylation sites is 1. The number of unbranched alkanes of at least 4 members (excludes halogenated alkanes) is 1. The van der Waals surface area contributed by atoms with E-state index in [9.17, 15) is 9.59 Å². The molecule has 168 valence electrons. The summed E-state index contributed by atoms with van der Waals surface area (Å²) in [6.45, 7) is 9.50. The van der Waals surface area contributed by atoms with Crippen LogP contribution in [0.3, 0.4) is 0 Å². The second-order valence-electron chi connectivity index (χ2n) is 6.71. The summed E-state index contributed by atoms with van der Waals surface area (Å²) < 4.78 is 17.1. The predicted molar refractivity (Wildman–Crippen MR) is 122 cm³/mol. The van der Waals surface area contributed by atoms with Crippen LogP contribution in [0.25, 0.3) is 0 Å². The van der Waals surface area contributed by atoms with Gasteiger partial charge in [0.15, 0.2) is 11.5 Å². The second-order valence-corrected chi connectivity index (χ2v) is 6.71. The van der Waals surface area contributed by atoms with Crippen LogP contribution in [0, 0.1) is 0 Å². The molecule has 31 heavy (non-hydrogen) atoms. The molecule has 0 aromatic heterocycles. The maximum absolute atomic E-state index is 13.0. The Balaban J connectivity index is 2.32. The molecule has 0 unspecified atom stereocenters. The maximum Gasteiger partial charge on any atom is 0.255 e. The second kappa shape index (κ2) is 12.5. The highest BCUT2D eigenvalue weighted by molar-refractivity contribution is 6.09. The molecule has 2 rings (SSSR count). The van der Waals surface area contributed by atoms with Gasteiger partial charge >= 0.3 is 0 Å². The Morgan fingerprint density at radius 2 is 1.45 bits per heavy atom. The third-order valence-corrected chi connectivity index (χ3v) is 4.41. The first-order chi connectivity index (χ1) is 15.0. The Hall–Kier alpha value is -3.22. The minimum absolute atomic E-state index is 0.221. The van der Waals surface area contributed by atoms with E-state index in [1.807, 2.05) is 20.8 Å². The van der Waals surface area contributed by atoms with E-state index in [2.05, 4.69) is 17.6 Å². The molecule has 0 aliphatic rings. The highest BCUT2D eigenvalue weighted by atomic mass is 16.5. The molecule has 0 saturated heterocycles. The van der Waals surface area contributed by atoms with E-state index in [1.165, 1.54) is 0 Å². The van der Waals surface area contributed by atoms with Gasteiger partial charge in [-0.2, -0.15) is 0 Å². The average Bonchev–Trinajstić information content (AvgIpc) is 2.76. The van der Waals surface area contributed by atoms with Crippen LogP contribution >= 0.6 is 0 Å². The van der Waals surface area contributed by atoms with E-state index in [0.29, 0.717) is 60.4 Å². The monoisotopic (exact) mass is 428 g/mol. The Labute approximate surface area is 184 Å². The zero-order valence-corrected chi connectivity index (χ0v) is 18.7. The Kier molecular flexibility index (Phi) is 9.68. The predicted octanol–water partition coefficient (Wildman–Crippen LogP) is 4.66. The summed E-state index contributed by atoms with van der Waals surface area (Å²) in [5, 5.41) is 5.72. The molecule has 0 radical (unpaired) electrons. The zero-order valence-electron chi connectivity index (χ0n) is 18.7. The first kappa shape index (κ1) is 24.1. The highest BCUT2D eigenvalue weighted by Gasteiger charge is 2.20. The van der Waals surface area contributed by atoms with Gasteiger partial charge in [0.1, 0.15) is 0 Å². The standard InChI is InChI=1S/C24H32N2O5/c1-5-9-14-25-24(28)18-12-10-11-13-19(18)26-23(27)17-15-20(29-6-2)22(31-8-4)21(16-17)30-7-3/h10-13,15-16H,5-9,14H2,1-4H3,(H,25,28)(H,26,27). The third kappa shape index (κ3) is 6.64. The van der Waals surface area contributed by atoms with Crippen molar-refractivity contribution in [3.05, 3.63) is 47.5 Å². The number of hydrogen-bond donors (Lipinski definition) is 2. The Morgan fingerprint density at radius 1 is 0.839 bits per heavy atom. The fourth-order valence-electron chi connectivity index (χ4n) is 2.98. The molecule has 7 heteroatoms. The van der Waals surface area contributed by atoms with Crippen molar-refractivity contribution in [2.24, 2.45) is 0 Å². The van der Waals surface area contributed by atoms with Gasteiger partial charge in [-0.05, 0) is 51.5 Å². The molecule has 0 aliphatic heterocycles. The molecule has 2 aromatic rings. The smallest absolute Gasteiger partial charge is 0.255 e. The van der Waals surface area contributed by atoms with Crippen LogP contribution < -0.4 is 24.8 Å². The molecule has 0 aliphatic carbocycles. The molecule has 2 amide bonds. The quantitative estimate of drug-likeness (QED) is 0.480. The summed E-state index contributed by atoms with van der Waals surface area (Å²) in [6, 6.07) is 10.2. The highest BCUT2D eigenvalue weighted by Crippen LogP contribution is 2.39. The maximum atomic E-state index is 13.0. The van der Waals surface area contributed by atoms with Crippen LogP contribution in [0.4, 0.5) is 5.69 Å². The molecule has 0 bridgehead atoms. The summed E-state index contributed by atoms with van der Waals surface area (Å²) in [5.74, 6) is 0.746. The number of benzene rings is 2. The number of anilines is 1. The van der Waals surface area contributed by atoms with E-state index in [-0.39, 0.29) is 11.8 Å². The number of rotatable bonds is 12. The van der Waals surface area contributed by atoms with Crippen molar-refractivity contribution in [3.8, 4) is 17.2 Å². The molecule has 0 spiro atoms. The summed E-state index contributed by atoms with van der Waals surface area (Å²) in [6.07, 6.45) is 1.88. The van der Waals surface area contributed by atoms with Gasteiger partial charge in [0.05, 0.1) is 31.1 Å². The minimum Gasteiger partial charge on any atom is -0.490 e. The van der Waals surface area contributed by atoms with Crippen molar-refractivity contribution < 1.29 is 23.8 Å². The lowest BCUT2D eigenvalue weighted by molar-refractivity contribution is 0.0954. The molecule has 0 heterocycles. The molecule has 0 fully saturated rings. The molecule has 2 aromatic carbocycles. The van der Waals surface area contributed by atoms with Gasteiger partial charge in [0.2, 0.25) is 5.75 Å². The van der Waals surface area contributed by atoms with E-state index in [0.717, 1.165) is 12.8 Å². The number of carbonyl (C=O) groups is 2. The van der Waals surface area contributed by atoms with E-state index < -0.39 is 0 Å². The Bertz CT molecular complexity index is 855. The van der Waals surface area contributed by atoms with E-state index in [1.54, 1.807) is 36.4 Å². The van der Waals surface area contributed by atoms with Crippen LogP contribution in [0.5, 0.6) is 17.2 Å². The van der Waals surface area contributed by atoms with Crippen LogP contribution in [-0.2, 0) is 0 Å². The SMILES string of the molecule is CCCCNC(=O)c1ccccc1NC(=O)c1cc(OCC)c(OCC)c(OCC)c1. The van der Waals surface area contributed by atoms with Crippen molar-refractivity contribution >= 4 is 17.5 Å². The minimum atomic E-state index is -0.376. The van der Waals surface area contributed by atoms with Crippen LogP contribution in [0.2, 0.25) is 0 Å². The lowest BCUT2D eigenvalue weighted by Crippen LogP contribution is -2.26. The van der Waals surface area contributed by atoms with Gasteiger partial charge in [-0.25, -0.2) is 0 Å². The number of carbonyl (C=O) groups excluding carboxylic acids is 2. The third-order valence-electron chi connectivity index (χ3n) is 4.41. The van der Waals surface area contributed by atoms with Crippen molar-refractivity contribution in [2.75, 3.05) is 31.7 Å². The summed E-state index contributed by atoms with van der Waals surface area (Å²) in [5.41, 5.74) is 1.19. The van der Waals surface area contributed by atoms with E-state index in [4.69, 9.17) is 14.2 Å². The summed E-state index contributed by atoms with van der Waals surface area (Å²) in [7, 11) is 0. The van der Waals surface area contributed by atoms with E-state index >= 15 is 0 Å². The van der Waals surface area contributed by atoms with Crippen LogP contribution in [0.15, 0.2) is 36.4 Å².